The van der Waals surface area contributed by atoms with E-state index in [-0.39, 0.29) is 34.5 Å². The highest BCUT2D eigenvalue weighted by molar-refractivity contribution is 5.99. The van der Waals surface area contributed by atoms with E-state index in [1.807, 2.05) is 0 Å². The number of likely N-dealkylation sites (tertiary alicyclic amines) is 1. The van der Waals surface area contributed by atoms with Gasteiger partial charge >= 0.3 is 6.18 Å². The minimum Gasteiger partial charge on any atom is -0.494 e. The third-order valence-electron chi connectivity index (χ3n) is 7.14. The monoisotopic (exact) mass is 571 g/mol. The van der Waals surface area contributed by atoms with Gasteiger partial charge in [-0.15, -0.1) is 0 Å². The molecule has 4 heterocycles. The number of nitrogens with two attached hydrogens (primary N) is 2. The number of amides is 1. The fourth-order valence-corrected chi connectivity index (χ4v) is 4.98. The van der Waals surface area contributed by atoms with E-state index < -0.39 is 29.6 Å². The maximum absolute atomic E-state index is 14.2. The fourth-order valence-electron chi connectivity index (χ4n) is 4.98. The largest absolute Gasteiger partial charge is 0.494 e. The second kappa shape index (κ2) is 10.9. The summed E-state index contributed by atoms with van der Waals surface area (Å²) in [6.45, 7) is 2.32. The van der Waals surface area contributed by atoms with Gasteiger partial charge in [-0.25, -0.2) is 14.4 Å². The fraction of sp³-hybridized carbons (Fsp3) is 0.321. The molecular formula is C28H27F4N6O3+. The van der Waals surface area contributed by atoms with E-state index in [2.05, 4.69) is 15.0 Å². The lowest BCUT2D eigenvalue weighted by molar-refractivity contribution is -0.141. The minimum atomic E-state index is -4.65. The second-order valence-corrected chi connectivity index (χ2v) is 9.80. The van der Waals surface area contributed by atoms with E-state index in [1.54, 1.807) is 17.9 Å². The summed E-state index contributed by atoms with van der Waals surface area (Å²) < 4.78 is 65.4. The molecule has 0 spiro atoms. The first-order valence-corrected chi connectivity index (χ1v) is 12.8. The highest BCUT2D eigenvalue weighted by atomic mass is 19.4. The number of hydrogen-bond donors (Lipinski definition) is 2. The summed E-state index contributed by atoms with van der Waals surface area (Å²) in [5, 5.41) is 6.55. The van der Waals surface area contributed by atoms with Gasteiger partial charge in [-0.05, 0) is 50.1 Å². The van der Waals surface area contributed by atoms with Gasteiger partial charge in [0.1, 0.15) is 17.0 Å². The molecule has 1 atom stereocenters. The van der Waals surface area contributed by atoms with Crippen LogP contribution in [0.1, 0.15) is 53.3 Å². The Kier molecular flexibility index (Phi) is 7.47. The van der Waals surface area contributed by atoms with Crippen molar-refractivity contribution in [3.05, 3.63) is 71.3 Å². The Labute approximate surface area is 231 Å². The molecule has 13 heteroatoms. The molecule has 4 N–H and O–H groups in total. The number of halogens is 4. The highest BCUT2D eigenvalue weighted by Gasteiger charge is 2.35. The SMILES string of the molecule is COc1ccc(-c2nc(C(=O)N3CCC(C(=[NH2+])c4ccncc4F)CC3)c([C@@H](C)N)o2)c2ccc(C(F)(F)F)nc12. The van der Waals surface area contributed by atoms with Crippen molar-refractivity contribution in [2.75, 3.05) is 20.2 Å². The Morgan fingerprint density at radius 3 is 2.54 bits per heavy atom. The molecule has 1 aliphatic rings. The van der Waals surface area contributed by atoms with E-state index in [9.17, 15) is 22.4 Å². The van der Waals surface area contributed by atoms with Crippen molar-refractivity contribution >= 4 is 22.5 Å². The van der Waals surface area contributed by atoms with Crippen LogP contribution in [0.3, 0.4) is 0 Å². The maximum Gasteiger partial charge on any atom is 0.433 e. The lowest BCUT2D eigenvalue weighted by Crippen LogP contribution is -2.49. The van der Waals surface area contributed by atoms with Crippen molar-refractivity contribution in [2.45, 2.75) is 32.0 Å². The summed E-state index contributed by atoms with van der Waals surface area (Å²) in [4.78, 5) is 27.1. The Balaban J connectivity index is 1.43. The molecule has 0 aliphatic carbocycles. The number of carbonyl (C=O) groups is 1. The number of piperidine rings is 1. The van der Waals surface area contributed by atoms with Crippen LogP contribution in [0.15, 0.2) is 47.1 Å². The first kappa shape index (κ1) is 28.1. The highest BCUT2D eigenvalue weighted by Crippen LogP contribution is 2.37. The smallest absolute Gasteiger partial charge is 0.433 e. The quantitative estimate of drug-likeness (QED) is 0.267. The second-order valence-electron chi connectivity index (χ2n) is 9.80. The lowest BCUT2D eigenvalue weighted by Gasteiger charge is -2.30. The summed E-state index contributed by atoms with van der Waals surface area (Å²) >= 11 is 0. The Morgan fingerprint density at radius 2 is 1.90 bits per heavy atom. The molecule has 9 nitrogen and oxygen atoms in total. The standard InChI is InChI=1S/C28H26F4N6O3/c1-14(33)25-24(27(39)38-11-8-15(9-12-38)22(34)18-7-10-35-13-19(18)29)37-26(41-25)17-3-5-20(40-2)23-16(17)4-6-21(36-23)28(30,31)32/h3-7,10,13-15,34H,8-9,11-12,33H2,1-2H3/p+1/t14-/m1/s1. The molecule has 5 rings (SSSR count). The van der Waals surface area contributed by atoms with Gasteiger partial charge in [0, 0.05) is 36.2 Å². The Morgan fingerprint density at radius 1 is 1.17 bits per heavy atom. The Bertz CT molecular complexity index is 1630. The number of ether oxygens (including phenoxy) is 1. The molecule has 1 aromatic carbocycles. The van der Waals surface area contributed by atoms with Crippen molar-refractivity contribution in [1.29, 1.82) is 0 Å². The summed E-state index contributed by atoms with van der Waals surface area (Å²) in [7, 11) is 1.33. The van der Waals surface area contributed by atoms with Crippen LogP contribution < -0.4 is 15.9 Å². The van der Waals surface area contributed by atoms with Gasteiger partial charge in [0.15, 0.2) is 23.0 Å². The molecule has 0 radical (unpaired) electrons. The topological polar surface area (TPSA) is 133 Å². The number of rotatable bonds is 6. The van der Waals surface area contributed by atoms with Crippen LogP contribution in [-0.2, 0) is 6.18 Å². The number of carbonyl (C=O) groups excluding carboxylic acids is 1. The first-order chi connectivity index (χ1) is 19.5. The van der Waals surface area contributed by atoms with E-state index in [0.29, 0.717) is 48.2 Å². The number of nitrogens with zero attached hydrogens (tertiary/aromatic N) is 4. The number of hydrogen-bond acceptors (Lipinski definition) is 7. The molecule has 1 fully saturated rings. The molecule has 214 valence electrons. The van der Waals surface area contributed by atoms with Crippen molar-refractivity contribution < 1.29 is 36.9 Å². The third-order valence-corrected chi connectivity index (χ3v) is 7.14. The predicted octanol–water partition coefficient (Wildman–Crippen LogP) is 3.57. The van der Waals surface area contributed by atoms with Crippen LogP contribution in [0.4, 0.5) is 17.6 Å². The molecule has 0 bridgehead atoms. The van der Waals surface area contributed by atoms with Gasteiger partial charge in [-0.2, -0.15) is 13.2 Å². The summed E-state index contributed by atoms with van der Waals surface area (Å²) in [6.07, 6.45) is -1.06. The normalized spacial score (nSPS) is 15.2. The molecule has 3 aromatic heterocycles. The molecule has 1 aliphatic heterocycles. The van der Waals surface area contributed by atoms with Crippen LogP contribution in [0, 0.1) is 11.7 Å². The van der Waals surface area contributed by atoms with E-state index in [4.69, 9.17) is 20.3 Å². The number of fused-ring (bicyclic) bond motifs is 1. The van der Waals surface area contributed by atoms with Crippen molar-refractivity contribution in [1.82, 2.24) is 19.9 Å². The van der Waals surface area contributed by atoms with Gasteiger partial charge in [-0.1, -0.05) is 0 Å². The van der Waals surface area contributed by atoms with Crippen LogP contribution in [-0.4, -0.2) is 51.7 Å². The van der Waals surface area contributed by atoms with Crippen molar-refractivity contribution in [2.24, 2.45) is 11.7 Å². The van der Waals surface area contributed by atoms with Crippen LogP contribution in [0.25, 0.3) is 22.4 Å². The van der Waals surface area contributed by atoms with Crippen LogP contribution in [0.5, 0.6) is 5.75 Å². The molecule has 1 amide bonds. The van der Waals surface area contributed by atoms with Gasteiger partial charge in [0.2, 0.25) is 5.89 Å². The van der Waals surface area contributed by atoms with E-state index in [0.717, 1.165) is 12.3 Å². The third kappa shape index (κ3) is 5.36. The summed E-state index contributed by atoms with van der Waals surface area (Å²) in [5.41, 5.74) is 6.05. The van der Waals surface area contributed by atoms with Gasteiger partial charge < -0.3 is 19.8 Å². The van der Waals surface area contributed by atoms with Gasteiger partial charge in [-0.3, -0.25) is 15.2 Å². The number of methoxy groups -OCH3 is 1. The lowest BCUT2D eigenvalue weighted by atomic mass is 9.88. The molecule has 0 saturated carbocycles. The average molecular weight is 572 g/mol. The molecule has 0 unspecified atom stereocenters. The zero-order valence-corrected chi connectivity index (χ0v) is 22.2. The van der Waals surface area contributed by atoms with E-state index >= 15 is 0 Å². The maximum atomic E-state index is 14.2. The molecule has 41 heavy (non-hydrogen) atoms. The number of pyridine rings is 2. The number of oxazole rings is 1. The van der Waals surface area contributed by atoms with Crippen molar-refractivity contribution in [3.63, 3.8) is 0 Å². The van der Waals surface area contributed by atoms with E-state index in [1.165, 1.54) is 31.5 Å². The minimum absolute atomic E-state index is 0.00872. The Hall–Kier alpha value is -4.39. The van der Waals surface area contributed by atoms with Crippen molar-refractivity contribution in [3.8, 4) is 17.2 Å². The van der Waals surface area contributed by atoms with Gasteiger partial charge in [0.25, 0.3) is 5.91 Å². The number of alkyl halides is 3. The van der Waals surface area contributed by atoms with Crippen LogP contribution in [0.2, 0.25) is 0 Å². The predicted molar refractivity (Wildman–Crippen MR) is 140 cm³/mol. The molecular weight excluding hydrogens is 544 g/mol. The van der Waals surface area contributed by atoms with Crippen LogP contribution >= 0.6 is 0 Å². The zero-order chi connectivity index (χ0) is 29.5. The first-order valence-electron chi connectivity index (χ1n) is 12.8. The van der Waals surface area contributed by atoms with Gasteiger partial charge in [0.05, 0.1) is 24.9 Å². The summed E-state index contributed by atoms with van der Waals surface area (Å²) in [5.74, 6) is -0.755. The average Bonchev–Trinajstić information content (AvgIpc) is 3.41. The summed E-state index contributed by atoms with van der Waals surface area (Å²) in [6, 6.07) is 5.97. The zero-order valence-electron chi connectivity index (χ0n) is 22.2. The molecule has 1 saturated heterocycles. The molecule has 4 aromatic rings. The number of benzene rings is 1. The number of aromatic nitrogens is 3.